The normalized spacial score (nSPS) is 12.7. The van der Waals surface area contributed by atoms with E-state index in [1.807, 2.05) is 32.2 Å². The number of aryl methyl sites for hydroxylation is 3. The Morgan fingerprint density at radius 3 is 2.33 bits per heavy atom. The van der Waals surface area contributed by atoms with Crippen LogP contribution in [0.25, 0.3) is 0 Å². The van der Waals surface area contributed by atoms with Crippen molar-refractivity contribution in [3.8, 4) is 0 Å². The summed E-state index contributed by atoms with van der Waals surface area (Å²) >= 11 is 6.35. The molecule has 1 aromatic carbocycles. The Bertz CT molecular complexity index is 560. The van der Waals surface area contributed by atoms with Crippen molar-refractivity contribution in [1.29, 1.82) is 0 Å². The van der Waals surface area contributed by atoms with Gasteiger partial charge in [0.15, 0.2) is 0 Å². The molecule has 2 nitrogen and oxygen atoms in total. The molecule has 0 amide bonds. The van der Waals surface area contributed by atoms with Crippen LogP contribution in [0.4, 0.5) is 0 Å². The third-order valence-corrected chi connectivity index (χ3v) is 3.59. The maximum atomic E-state index is 6.35. The number of hydrogen-bond donors (Lipinski definition) is 1. The monoisotopic (exact) mass is 263 g/mol. The smallest absolute Gasteiger partial charge is 0.125 e. The Morgan fingerprint density at radius 2 is 1.78 bits per heavy atom. The van der Waals surface area contributed by atoms with Gasteiger partial charge in [0.25, 0.3) is 0 Å². The van der Waals surface area contributed by atoms with Crippen LogP contribution in [0.2, 0.25) is 5.02 Å². The van der Waals surface area contributed by atoms with Crippen LogP contribution in [0.1, 0.15) is 34.3 Å². The summed E-state index contributed by atoms with van der Waals surface area (Å²) in [7, 11) is 1.91. The van der Waals surface area contributed by atoms with Crippen LogP contribution >= 0.6 is 11.6 Å². The Balaban J connectivity index is 2.48. The van der Waals surface area contributed by atoms with Crippen molar-refractivity contribution in [2.24, 2.45) is 0 Å². The molecular formula is C15H18ClNO. The molecule has 0 aliphatic rings. The van der Waals surface area contributed by atoms with E-state index in [2.05, 4.69) is 25.2 Å². The van der Waals surface area contributed by atoms with Gasteiger partial charge < -0.3 is 9.73 Å². The van der Waals surface area contributed by atoms with E-state index >= 15 is 0 Å². The second-order valence-corrected chi connectivity index (χ2v) is 5.04. The Morgan fingerprint density at radius 1 is 1.11 bits per heavy atom. The zero-order chi connectivity index (χ0) is 13.3. The quantitative estimate of drug-likeness (QED) is 0.899. The minimum atomic E-state index is -0.00880. The van der Waals surface area contributed by atoms with E-state index in [0.29, 0.717) is 0 Å². The van der Waals surface area contributed by atoms with Crippen molar-refractivity contribution in [2.75, 3.05) is 7.05 Å². The molecule has 1 aromatic heterocycles. The average molecular weight is 264 g/mol. The van der Waals surface area contributed by atoms with Gasteiger partial charge in [-0.3, -0.25) is 0 Å². The molecule has 0 saturated carbocycles. The molecule has 0 spiro atoms. The predicted molar refractivity (Wildman–Crippen MR) is 75.3 cm³/mol. The number of rotatable bonds is 3. The Kier molecular flexibility index (Phi) is 3.79. The highest BCUT2D eigenvalue weighted by molar-refractivity contribution is 6.31. The van der Waals surface area contributed by atoms with Gasteiger partial charge in [-0.15, -0.1) is 0 Å². The molecule has 2 aromatic rings. The fourth-order valence-electron chi connectivity index (χ4n) is 2.08. The van der Waals surface area contributed by atoms with Gasteiger partial charge in [0, 0.05) is 5.02 Å². The fourth-order valence-corrected chi connectivity index (χ4v) is 2.41. The van der Waals surface area contributed by atoms with Gasteiger partial charge in [-0.25, -0.2) is 0 Å². The maximum absolute atomic E-state index is 6.35. The molecule has 1 N–H and O–H groups in total. The standard InChI is InChI=1S/C15H18ClNO/c1-9-7-12(13(16)8-10(9)2)15(17-4)14-6-5-11(3)18-14/h5-8,15,17H,1-4H3. The summed E-state index contributed by atoms with van der Waals surface area (Å²) in [5, 5.41) is 4.03. The molecule has 1 atom stereocenters. The summed E-state index contributed by atoms with van der Waals surface area (Å²) in [4.78, 5) is 0. The van der Waals surface area contributed by atoms with Gasteiger partial charge in [0.2, 0.25) is 0 Å². The lowest BCUT2D eigenvalue weighted by Gasteiger charge is -2.17. The van der Waals surface area contributed by atoms with E-state index in [-0.39, 0.29) is 6.04 Å². The van der Waals surface area contributed by atoms with Crippen LogP contribution in [0.5, 0.6) is 0 Å². The zero-order valence-corrected chi connectivity index (χ0v) is 11.9. The number of nitrogens with one attached hydrogen (secondary N) is 1. The van der Waals surface area contributed by atoms with Crippen LogP contribution in [-0.2, 0) is 0 Å². The highest BCUT2D eigenvalue weighted by atomic mass is 35.5. The van der Waals surface area contributed by atoms with Crippen LogP contribution < -0.4 is 5.32 Å². The zero-order valence-electron chi connectivity index (χ0n) is 11.2. The summed E-state index contributed by atoms with van der Waals surface area (Å²) in [5.74, 6) is 1.80. The molecule has 0 saturated heterocycles. The van der Waals surface area contributed by atoms with Crippen molar-refractivity contribution < 1.29 is 4.42 Å². The van der Waals surface area contributed by atoms with Crippen molar-refractivity contribution >= 4 is 11.6 Å². The minimum absolute atomic E-state index is 0.00880. The first kappa shape index (κ1) is 13.2. The lowest BCUT2D eigenvalue weighted by atomic mass is 9.99. The van der Waals surface area contributed by atoms with E-state index in [9.17, 15) is 0 Å². The number of halogens is 1. The lowest BCUT2D eigenvalue weighted by molar-refractivity contribution is 0.444. The summed E-state index contributed by atoms with van der Waals surface area (Å²) in [6, 6.07) is 8.07. The van der Waals surface area contributed by atoms with Crippen LogP contribution in [0, 0.1) is 20.8 Å². The molecule has 2 rings (SSSR count). The predicted octanol–water partition coefficient (Wildman–Crippen LogP) is 4.17. The van der Waals surface area contributed by atoms with Crippen molar-refractivity contribution in [3.63, 3.8) is 0 Å². The molecule has 1 heterocycles. The summed E-state index contributed by atoms with van der Waals surface area (Å²) in [6.45, 7) is 6.10. The molecule has 96 valence electrons. The first-order valence-electron chi connectivity index (χ1n) is 6.03. The highest BCUT2D eigenvalue weighted by Crippen LogP contribution is 2.31. The highest BCUT2D eigenvalue weighted by Gasteiger charge is 2.19. The first-order valence-corrected chi connectivity index (χ1v) is 6.41. The van der Waals surface area contributed by atoms with Crippen molar-refractivity contribution in [3.05, 3.63) is 57.5 Å². The average Bonchev–Trinajstić information content (AvgIpc) is 2.73. The molecule has 0 fully saturated rings. The van der Waals surface area contributed by atoms with Gasteiger partial charge in [-0.05, 0) is 62.7 Å². The minimum Gasteiger partial charge on any atom is -0.464 e. The fraction of sp³-hybridized carbons (Fsp3) is 0.333. The van der Waals surface area contributed by atoms with Crippen molar-refractivity contribution in [2.45, 2.75) is 26.8 Å². The van der Waals surface area contributed by atoms with E-state index in [1.165, 1.54) is 11.1 Å². The Hall–Kier alpha value is -1.25. The molecular weight excluding hydrogens is 246 g/mol. The van der Waals surface area contributed by atoms with E-state index in [1.54, 1.807) is 0 Å². The van der Waals surface area contributed by atoms with E-state index < -0.39 is 0 Å². The molecule has 1 unspecified atom stereocenters. The summed E-state index contributed by atoms with van der Waals surface area (Å²) in [6.07, 6.45) is 0. The molecule has 0 aliphatic heterocycles. The third-order valence-electron chi connectivity index (χ3n) is 3.26. The Labute approximate surface area is 113 Å². The summed E-state index contributed by atoms with van der Waals surface area (Å²) < 4.78 is 5.69. The molecule has 0 aliphatic carbocycles. The second kappa shape index (κ2) is 5.17. The number of benzene rings is 1. The summed E-state index contributed by atoms with van der Waals surface area (Å²) in [5.41, 5.74) is 3.49. The number of hydrogen-bond acceptors (Lipinski definition) is 2. The second-order valence-electron chi connectivity index (χ2n) is 4.63. The maximum Gasteiger partial charge on any atom is 0.125 e. The van der Waals surface area contributed by atoms with Gasteiger partial charge >= 0.3 is 0 Å². The molecule has 18 heavy (non-hydrogen) atoms. The molecule has 0 bridgehead atoms. The van der Waals surface area contributed by atoms with E-state index in [4.69, 9.17) is 16.0 Å². The number of furan rings is 1. The van der Waals surface area contributed by atoms with E-state index in [0.717, 1.165) is 22.1 Å². The lowest BCUT2D eigenvalue weighted by Crippen LogP contribution is -2.17. The van der Waals surface area contributed by atoms with Gasteiger partial charge in [0.1, 0.15) is 11.5 Å². The third kappa shape index (κ3) is 2.45. The van der Waals surface area contributed by atoms with Crippen LogP contribution in [0.15, 0.2) is 28.7 Å². The van der Waals surface area contributed by atoms with Crippen LogP contribution in [-0.4, -0.2) is 7.05 Å². The first-order chi connectivity index (χ1) is 8.52. The molecule has 0 radical (unpaired) electrons. The topological polar surface area (TPSA) is 25.2 Å². The molecule has 3 heteroatoms. The van der Waals surface area contributed by atoms with Gasteiger partial charge in [0.05, 0.1) is 6.04 Å². The van der Waals surface area contributed by atoms with Crippen molar-refractivity contribution in [1.82, 2.24) is 5.32 Å². The van der Waals surface area contributed by atoms with Gasteiger partial charge in [-0.1, -0.05) is 17.7 Å². The van der Waals surface area contributed by atoms with Crippen LogP contribution in [0.3, 0.4) is 0 Å². The largest absolute Gasteiger partial charge is 0.464 e. The SMILES string of the molecule is CNC(c1ccc(C)o1)c1cc(C)c(C)cc1Cl. The van der Waals surface area contributed by atoms with Gasteiger partial charge in [-0.2, -0.15) is 0 Å².